The maximum atomic E-state index is 5.91. The SMILES string of the molecule is COc1ccc(OCC(CN)C2CCCCC2)cc1. The molecule has 1 aliphatic rings. The standard InChI is InChI=1S/C16H25NO2/c1-18-15-7-9-16(10-8-15)19-12-14(11-17)13-5-3-2-4-6-13/h7-10,13-14H,2-6,11-12,17H2,1H3. The van der Waals surface area contributed by atoms with Crippen LogP contribution in [0.5, 0.6) is 11.5 Å². The van der Waals surface area contributed by atoms with Crippen LogP contribution in [0.25, 0.3) is 0 Å². The third-order valence-corrected chi connectivity index (χ3v) is 4.14. The number of hydrogen-bond donors (Lipinski definition) is 1. The van der Waals surface area contributed by atoms with Crippen LogP contribution in [0.15, 0.2) is 24.3 Å². The topological polar surface area (TPSA) is 44.5 Å². The molecule has 0 aliphatic heterocycles. The summed E-state index contributed by atoms with van der Waals surface area (Å²) in [6, 6.07) is 7.75. The van der Waals surface area contributed by atoms with E-state index >= 15 is 0 Å². The maximum absolute atomic E-state index is 5.91. The van der Waals surface area contributed by atoms with Gasteiger partial charge in [-0.3, -0.25) is 0 Å². The van der Waals surface area contributed by atoms with Crippen molar-refractivity contribution in [1.29, 1.82) is 0 Å². The first-order chi connectivity index (χ1) is 9.33. The number of ether oxygens (including phenoxy) is 2. The summed E-state index contributed by atoms with van der Waals surface area (Å²) in [5, 5.41) is 0. The highest BCUT2D eigenvalue weighted by Gasteiger charge is 2.23. The minimum atomic E-state index is 0.488. The maximum Gasteiger partial charge on any atom is 0.119 e. The molecule has 106 valence electrons. The molecule has 1 saturated carbocycles. The smallest absolute Gasteiger partial charge is 0.119 e. The van der Waals surface area contributed by atoms with Crippen LogP contribution < -0.4 is 15.2 Å². The van der Waals surface area contributed by atoms with Gasteiger partial charge in [-0.1, -0.05) is 32.1 Å². The molecule has 19 heavy (non-hydrogen) atoms. The Bertz CT molecular complexity index is 358. The number of benzene rings is 1. The number of nitrogens with two attached hydrogens (primary N) is 1. The van der Waals surface area contributed by atoms with E-state index in [2.05, 4.69) is 0 Å². The molecule has 0 heterocycles. The summed E-state index contributed by atoms with van der Waals surface area (Å²) >= 11 is 0. The Balaban J connectivity index is 1.84. The highest BCUT2D eigenvalue weighted by molar-refractivity contribution is 5.31. The normalized spacial score (nSPS) is 18.0. The Hall–Kier alpha value is -1.22. The van der Waals surface area contributed by atoms with Gasteiger partial charge in [-0.15, -0.1) is 0 Å². The summed E-state index contributed by atoms with van der Waals surface area (Å²) in [5.74, 6) is 2.99. The van der Waals surface area contributed by atoms with Gasteiger partial charge >= 0.3 is 0 Å². The zero-order valence-electron chi connectivity index (χ0n) is 11.8. The quantitative estimate of drug-likeness (QED) is 0.857. The van der Waals surface area contributed by atoms with E-state index in [-0.39, 0.29) is 0 Å². The van der Waals surface area contributed by atoms with Crippen LogP contribution in [0.4, 0.5) is 0 Å². The fourth-order valence-corrected chi connectivity index (χ4v) is 2.88. The van der Waals surface area contributed by atoms with Crippen LogP contribution in [0.2, 0.25) is 0 Å². The van der Waals surface area contributed by atoms with E-state index < -0.39 is 0 Å². The van der Waals surface area contributed by atoms with Crippen LogP contribution >= 0.6 is 0 Å². The molecule has 0 amide bonds. The molecule has 0 radical (unpaired) electrons. The lowest BCUT2D eigenvalue weighted by molar-refractivity contribution is 0.167. The lowest BCUT2D eigenvalue weighted by atomic mass is 9.80. The number of hydrogen-bond acceptors (Lipinski definition) is 3. The van der Waals surface area contributed by atoms with E-state index in [4.69, 9.17) is 15.2 Å². The first-order valence-corrected chi connectivity index (χ1v) is 7.30. The largest absolute Gasteiger partial charge is 0.497 e. The van der Waals surface area contributed by atoms with Crippen molar-refractivity contribution >= 4 is 0 Å². The molecular formula is C16H25NO2. The predicted molar refractivity (Wildman–Crippen MR) is 77.6 cm³/mol. The van der Waals surface area contributed by atoms with Crippen molar-refractivity contribution in [3.8, 4) is 11.5 Å². The Labute approximate surface area is 116 Å². The van der Waals surface area contributed by atoms with Crippen LogP contribution in [0, 0.1) is 11.8 Å². The third kappa shape index (κ3) is 4.13. The molecule has 2 rings (SSSR count). The highest BCUT2D eigenvalue weighted by atomic mass is 16.5. The molecule has 3 nitrogen and oxygen atoms in total. The first-order valence-electron chi connectivity index (χ1n) is 7.30. The molecular weight excluding hydrogens is 238 g/mol. The molecule has 2 N–H and O–H groups in total. The second-order valence-corrected chi connectivity index (χ2v) is 5.38. The van der Waals surface area contributed by atoms with Crippen LogP contribution in [0.1, 0.15) is 32.1 Å². The third-order valence-electron chi connectivity index (χ3n) is 4.14. The van der Waals surface area contributed by atoms with Gasteiger partial charge in [0.1, 0.15) is 11.5 Å². The van der Waals surface area contributed by atoms with Crippen LogP contribution in [-0.4, -0.2) is 20.3 Å². The van der Waals surface area contributed by atoms with Gasteiger partial charge < -0.3 is 15.2 Å². The zero-order valence-corrected chi connectivity index (χ0v) is 11.8. The fraction of sp³-hybridized carbons (Fsp3) is 0.625. The van der Waals surface area contributed by atoms with E-state index in [0.717, 1.165) is 30.6 Å². The second-order valence-electron chi connectivity index (χ2n) is 5.38. The first kappa shape index (κ1) is 14.2. The summed E-state index contributed by atoms with van der Waals surface area (Å²) in [6.45, 7) is 1.45. The van der Waals surface area contributed by atoms with Crippen molar-refractivity contribution in [3.05, 3.63) is 24.3 Å². The molecule has 0 bridgehead atoms. The molecule has 1 fully saturated rings. The Kier molecular flexibility index (Phi) is 5.52. The van der Waals surface area contributed by atoms with Crippen molar-refractivity contribution in [2.75, 3.05) is 20.3 Å². The molecule has 1 atom stereocenters. The van der Waals surface area contributed by atoms with E-state index in [1.54, 1.807) is 7.11 Å². The van der Waals surface area contributed by atoms with Crippen molar-refractivity contribution < 1.29 is 9.47 Å². The Morgan fingerprint density at radius 1 is 1.11 bits per heavy atom. The molecule has 1 unspecified atom stereocenters. The minimum absolute atomic E-state index is 0.488. The van der Waals surface area contributed by atoms with E-state index in [9.17, 15) is 0 Å². The van der Waals surface area contributed by atoms with Gasteiger partial charge in [0.05, 0.1) is 13.7 Å². The lowest BCUT2D eigenvalue weighted by Crippen LogP contribution is -2.30. The fourth-order valence-electron chi connectivity index (χ4n) is 2.88. The predicted octanol–water partition coefficient (Wildman–Crippen LogP) is 3.23. The van der Waals surface area contributed by atoms with Crippen LogP contribution in [0.3, 0.4) is 0 Å². The highest BCUT2D eigenvalue weighted by Crippen LogP contribution is 2.30. The van der Waals surface area contributed by atoms with E-state index in [1.807, 2.05) is 24.3 Å². The van der Waals surface area contributed by atoms with Crippen molar-refractivity contribution in [3.63, 3.8) is 0 Å². The molecule has 1 aromatic carbocycles. The molecule has 3 heteroatoms. The molecule has 0 spiro atoms. The Morgan fingerprint density at radius 3 is 2.32 bits per heavy atom. The monoisotopic (exact) mass is 263 g/mol. The van der Waals surface area contributed by atoms with Gasteiger partial charge in [0.15, 0.2) is 0 Å². The summed E-state index contributed by atoms with van der Waals surface area (Å²) < 4.78 is 11.0. The van der Waals surface area contributed by atoms with Gasteiger partial charge in [-0.25, -0.2) is 0 Å². The summed E-state index contributed by atoms with van der Waals surface area (Å²) in [6.07, 6.45) is 6.71. The van der Waals surface area contributed by atoms with E-state index in [1.165, 1.54) is 32.1 Å². The lowest BCUT2D eigenvalue weighted by Gasteiger charge is -2.29. The number of rotatable bonds is 6. The molecule has 1 aromatic rings. The summed E-state index contributed by atoms with van der Waals surface area (Å²) in [5.41, 5.74) is 5.91. The molecule has 1 aliphatic carbocycles. The average molecular weight is 263 g/mol. The average Bonchev–Trinajstić information content (AvgIpc) is 2.49. The van der Waals surface area contributed by atoms with Crippen molar-refractivity contribution in [2.24, 2.45) is 17.6 Å². The molecule has 0 saturated heterocycles. The van der Waals surface area contributed by atoms with Crippen molar-refractivity contribution in [1.82, 2.24) is 0 Å². The molecule has 0 aromatic heterocycles. The summed E-state index contributed by atoms with van der Waals surface area (Å²) in [7, 11) is 1.67. The zero-order chi connectivity index (χ0) is 13.5. The van der Waals surface area contributed by atoms with Gasteiger partial charge in [-0.2, -0.15) is 0 Å². The van der Waals surface area contributed by atoms with Gasteiger partial charge in [0.2, 0.25) is 0 Å². The Morgan fingerprint density at radius 2 is 1.74 bits per heavy atom. The van der Waals surface area contributed by atoms with Crippen LogP contribution in [-0.2, 0) is 0 Å². The van der Waals surface area contributed by atoms with Crippen molar-refractivity contribution in [2.45, 2.75) is 32.1 Å². The van der Waals surface area contributed by atoms with Gasteiger partial charge in [0, 0.05) is 5.92 Å². The minimum Gasteiger partial charge on any atom is -0.497 e. The summed E-state index contributed by atoms with van der Waals surface area (Å²) in [4.78, 5) is 0. The van der Waals surface area contributed by atoms with E-state index in [0.29, 0.717) is 5.92 Å². The van der Waals surface area contributed by atoms with Gasteiger partial charge in [-0.05, 0) is 36.7 Å². The number of methoxy groups -OCH3 is 1. The van der Waals surface area contributed by atoms with Gasteiger partial charge in [0.25, 0.3) is 0 Å². The second kappa shape index (κ2) is 7.39.